The van der Waals surface area contributed by atoms with Crippen LogP contribution in [0, 0.1) is 11.7 Å². The Kier molecular flexibility index (Phi) is 6.96. The molecular formula is C24H19Cl4FN2O2. The van der Waals surface area contributed by atoms with Crippen molar-refractivity contribution in [2.75, 3.05) is 24.3 Å². The highest BCUT2D eigenvalue weighted by Gasteiger charge is 2.63. The molecule has 1 aliphatic rings. The van der Waals surface area contributed by atoms with Crippen molar-refractivity contribution >= 4 is 63.7 Å². The van der Waals surface area contributed by atoms with Crippen molar-refractivity contribution in [3.63, 3.8) is 0 Å². The fourth-order valence-electron chi connectivity index (χ4n) is 3.88. The molecule has 0 bridgehead atoms. The van der Waals surface area contributed by atoms with E-state index in [9.17, 15) is 9.18 Å². The van der Waals surface area contributed by atoms with Gasteiger partial charge >= 0.3 is 0 Å². The van der Waals surface area contributed by atoms with Crippen LogP contribution in [0.5, 0.6) is 5.75 Å². The molecule has 4 rings (SSSR count). The van der Waals surface area contributed by atoms with E-state index >= 15 is 0 Å². The van der Waals surface area contributed by atoms with Crippen molar-refractivity contribution < 1.29 is 13.9 Å². The fourth-order valence-corrected chi connectivity index (χ4v) is 5.26. The molecule has 0 heterocycles. The Balaban J connectivity index is 1.49. The molecule has 3 aromatic rings. The first-order valence-corrected chi connectivity index (χ1v) is 11.5. The Bertz CT molecular complexity index is 1170. The summed E-state index contributed by atoms with van der Waals surface area (Å²) >= 11 is 25.4. The Morgan fingerprint density at radius 3 is 2.36 bits per heavy atom. The number of methoxy groups -OCH3 is 1. The van der Waals surface area contributed by atoms with E-state index in [1.165, 1.54) is 31.4 Å². The molecule has 0 aromatic heterocycles. The monoisotopic (exact) mass is 526 g/mol. The molecule has 33 heavy (non-hydrogen) atoms. The molecule has 1 amide bonds. The number of nitrogens with one attached hydrogen (secondary N) is 2. The predicted molar refractivity (Wildman–Crippen MR) is 133 cm³/mol. The normalized spacial score (nSPS) is 18.5. The highest BCUT2D eigenvalue weighted by Crippen LogP contribution is 2.65. The second-order valence-corrected chi connectivity index (χ2v) is 10.0. The number of rotatable bonds is 7. The molecule has 1 saturated carbocycles. The smallest absolute Gasteiger partial charge is 0.259 e. The van der Waals surface area contributed by atoms with Crippen molar-refractivity contribution in [2.45, 2.75) is 10.3 Å². The van der Waals surface area contributed by atoms with E-state index in [0.717, 1.165) is 5.56 Å². The SMILES string of the molecule is COc1c(NCC2C(c3cc(Cl)cc(Cl)c3)C2(Cl)Cl)cccc1C(=O)Nc1ccc(F)cc1. The third-order valence-corrected chi connectivity index (χ3v) is 6.99. The Morgan fingerprint density at radius 2 is 1.73 bits per heavy atom. The molecule has 172 valence electrons. The summed E-state index contributed by atoms with van der Waals surface area (Å²) < 4.78 is 17.7. The quantitative estimate of drug-likeness (QED) is 0.315. The minimum absolute atomic E-state index is 0.114. The second kappa shape index (κ2) is 9.59. The largest absolute Gasteiger partial charge is 0.494 e. The maximum atomic E-state index is 13.1. The highest BCUT2D eigenvalue weighted by atomic mass is 35.5. The molecule has 0 saturated heterocycles. The lowest BCUT2D eigenvalue weighted by Gasteiger charge is -2.15. The number of carbonyl (C=O) groups is 1. The third kappa shape index (κ3) is 5.17. The van der Waals surface area contributed by atoms with Crippen LogP contribution in [0.15, 0.2) is 60.7 Å². The first-order valence-electron chi connectivity index (χ1n) is 10.0. The highest BCUT2D eigenvalue weighted by molar-refractivity contribution is 6.52. The maximum Gasteiger partial charge on any atom is 0.259 e. The van der Waals surface area contributed by atoms with Gasteiger partial charge < -0.3 is 15.4 Å². The molecule has 2 unspecified atom stereocenters. The summed E-state index contributed by atoms with van der Waals surface area (Å²) in [6, 6.07) is 15.9. The summed E-state index contributed by atoms with van der Waals surface area (Å²) in [5, 5.41) is 7.06. The van der Waals surface area contributed by atoms with E-state index in [0.29, 0.717) is 39.3 Å². The number of benzene rings is 3. The molecular weight excluding hydrogens is 509 g/mol. The summed E-state index contributed by atoms with van der Waals surface area (Å²) in [4.78, 5) is 12.8. The van der Waals surface area contributed by atoms with E-state index in [1.54, 1.807) is 36.4 Å². The molecule has 4 nitrogen and oxygen atoms in total. The Hall–Kier alpha value is -2.18. The third-order valence-electron chi connectivity index (χ3n) is 5.52. The number of ether oxygens (including phenoxy) is 1. The number of anilines is 2. The molecule has 9 heteroatoms. The summed E-state index contributed by atoms with van der Waals surface area (Å²) in [7, 11) is 1.48. The number of amides is 1. The van der Waals surface area contributed by atoms with Crippen LogP contribution in [-0.4, -0.2) is 23.9 Å². The van der Waals surface area contributed by atoms with E-state index in [1.807, 2.05) is 0 Å². The van der Waals surface area contributed by atoms with Crippen LogP contribution in [-0.2, 0) is 0 Å². The van der Waals surface area contributed by atoms with Crippen LogP contribution < -0.4 is 15.4 Å². The molecule has 1 aliphatic carbocycles. The van der Waals surface area contributed by atoms with E-state index in [-0.39, 0.29) is 23.6 Å². The minimum atomic E-state index is -0.980. The van der Waals surface area contributed by atoms with Gasteiger partial charge in [-0.25, -0.2) is 4.39 Å². The van der Waals surface area contributed by atoms with Crippen molar-refractivity contribution in [3.8, 4) is 5.75 Å². The van der Waals surface area contributed by atoms with E-state index in [4.69, 9.17) is 51.1 Å². The van der Waals surface area contributed by atoms with Crippen LogP contribution in [0.3, 0.4) is 0 Å². The zero-order valence-electron chi connectivity index (χ0n) is 17.3. The summed E-state index contributed by atoms with van der Waals surface area (Å²) in [5.41, 5.74) is 2.27. The van der Waals surface area contributed by atoms with Crippen LogP contribution >= 0.6 is 46.4 Å². The van der Waals surface area contributed by atoms with Gasteiger partial charge in [-0.05, 0) is 60.2 Å². The van der Waals surface area contributed by atoms with Gasteiger partial charge in [0, 0.05) is 34.1 Å². The van der Waals surface area contributed by atoms with Crippen molar-refractivity contribution in [1.82, 2.24) is 0 Å². The lowest BCUT2D eigenvalue weighted by atomic mass is 10.1. The average molecular weight is 528 g/mol. The van der Waals surface area contributed by atoms with Crippen molar-refractivity contribution in [2.24, 2.45) is 5.92 Å². The van der Waals surface area contributed by atoms with Gasteiger partial charge in [0.1, 0.15) is 10.2 Å². The molecule has 0 spiro atoms. The van der Waals surface area contributed by atoms with E-state index in [2.05, 4.69) is 10.6 Å². The topological polar surface area (TPSA) is 50.4 Å². The molecule has 2 N–H and O–H groups in total. The number of hydrogen-bond acceptors (Lipinski definition) is 3. The maximum absolute atomic E-state index is 13.1. The average Bonchev–Trinajstić information content (AvgIpc) is 3.32. The fraction of sp³-hybridized carbons (Fsp3) is 0.208. The van der Waals surface area contributed by atoms with Crippen LogP contribution in [0.2, 0.25) is 10.0 Å². The van der Waals surface area contributed by atoms with Crippen LogP contribution in [0.1, 0.15) is 21.8 Å². The van der Waals surface area contributed by atoms with Gasteiger partial charge in [-0.2, -0.15) is 0 Å². The molecule has 1 fully saturated rings. The number of alkyl halides is 2. The Morgan fingerprint density at radius 1 is 1.06 bits per heavy atom. The zero-order valence-corrected chi connectivity index (χ0v) is 20.4. The lowest BCUT2D eigenvalue weighted by Crippen LogP contribution is -2.15. The summed E-state index contributed by atoms with van der Waals surface area (Å²) in [6.45, 7) is 0.432. The van der Waals surface area contributed by atoms with Crippen molar-refractivity contribution in [1.29, 1.82) is 0 Å². The van der Waals surface area contributed by atoms with Gasteiger partial charge in [-0.15, -0.1) is 23.2 Å². The number of halogens is 5. The van der Waals surface area contributed by atoms with Crippen molar-refractivity contribution in [3.05, 3.63) is 87.7 Å². The molecule has 0 aliphatic heterocycles. The number of para-hydroxylation sites is 1. The second-order valence-electron chi connectivity index (χ2n) is 7.69. The number of carbonyl (C=O) groups excluding carboxylic acids is 1. The van der Waals surface area contributed by atoms with E-state index < -0.39 is 4.33 Å². The van der Waals surface area contributed by atoms with Gasteiger partial charge in [-0.3, -0.25) is 4.79 Å². The number of hydrogen-bond donors (Lipinski definition) is 2. The molecule has 0 radical (unpaired) electrons. The minimum Gasteiger partial charge on any atom is -0.494 e. The van der Waals surface area contributed by atoms with Crippen LogP contribution in [0.4, 0.5) is 15.8 Å². The van der Waals surface area contributed by atoms with Gasteiger partial charge in [0.25, 0.3) is 5.91 Å². The summed E-state index contributed by atoms with van der Waals surface area (Å²) in [5.74, 6) is -0.666. The molecule has 2 atom stereocenters. The van der Waals surface area contributed by atoms with Gasteiger partial charge in [-0.1, -0.05) is 29.3 Å². The Labute approximate surface area is 210 Å². The van der Waals surface area contributed by atoms with Gasteiger partial charge in [0.15, 0.2) is 5.75 Å². The first kappa shape index (κ1) is 24.0. The lowest BCUT2D eigenvalue weighted by molar-refractivity contribution is 0.102. The zero-order chi connectivity index (χ0) is 23.8. The van der Waals surface area contributed by atoms with Gasteiger partial charge in [0.05, 0.1) is 18.4 Å². The van der Waals surface area contributed by atoms with Crippen LogP contribution in [0.25, 0.3) is 0 Å². The standard InChI is InChI=1S/C24H19Cl4FN2O2/c1-33-22-18(23(32)31-17-7-5-16(29)6-8-17)3-2-4-20(22)30-12-19-21(24(19,27)28)13-9-14(25)11-15(26)10-13/h2-11,19,21,30H,12H2,1H3,(H,31,32). The first-order chi connectivity index (χ1) is 15.7. The van der Waals surface area contributed by atoms with Gasteiger partial charge in [0.2, 0.25) is 0 Å². The molecule has 3 aromatic carbocycles. The summed E-state index contributed by atoms with van der Waals surface area (Å²) in [6.07, 6.45) is 0. The predicted octanol–water partition coefficient (Wildman–Crippen LogP) is 7.39.